The molecule has 1 aromatic carbocycles. The van der Waals surface area contributed by atoms with Gasteiger partial charge in [0.15, 0.2) is 5.75 Å². The molecule has 0 aromatic heterocycles. The van der Waals surface area contributed by atoms with Crippen LogP contribution in [0, 0.1) is 17.8 Å². The molecule has 6 heteroatoms. The molecule has 0 saturated carbocycles. The van der Waals surface area contributed by atoms with Crippen molar-refractivity contribution < 1.29 is 9.57 Å². The van der Waals surface area contributed by atoms with E-state index in [1.54, 1.807) is 12.1 Å². The van der Waals surface area contributed by atoms with Gasteiger partial charge in [0.2, 0.25) is 0 Å². The van der Waals surface area contributed by atoms with Gasteiger partial charge in [-0.1, -0.05) is 29.1 Å². The van der Waals surface area contributed by atoms with Gasteiger partial charge in [-0.05, 0) is 12.1 Å². The molecule has 0 heterocycles. The first-order chi connectivity index (χ1) is 8.13. The molecule has 1 N–H and O–H groups in total. The summed E-state index contributed by atoms with van der Waals surface area (Å²) in [4.78, 5) is 4.92. The fraction of sp³-hybridized carbons (Fsp3) is 0.182. The Bertz CT molecular complexity index is 434. The lowest BCUT2D eigenvalue weighted by atomic mass is 10.3. The topological polar surface area (TPSA) is 45.5 Å². The Hall–Kier alpha value is -1.41. The monoisotopic (exact) mass is 272 g/mol. The number of nitrogens with one attached hydrogen (secondary N) is 1. The molecule has 4 nitrogen and oxygen atoms in total. The molecule has 0 aliphatic carbocycles. The van der Waals surface area contributed by atoms with Gasteiger partial charge in [-0.25, -0.2) is 5.06 Å². The Morgan fingerprint density at radius 2 is 2.06 bits per heavy atom. The van der Waals surface area contributed by atoms with E-state index in [1.807, 2.05) is 0 Å². The SMILES string of the molecule is C#CCOc1c(Cl)cc(N(C=N)OC)cc1Cl. The molecule has 0 fully saturated rings. The van der Waals surface area contributed by atoms with Crippen LogP contribution in [0.2, 0.25) is 10.0 Å². The van der Waals surface area contributed by atoms with Crippen molar-refractivity contribution in [3.8, 4) is 18.1 Å². The zero-order chi connectivity index (χ0) is 12.8. The number of ether oxygens (including phenoxy) is 1. The number of nitrogens with zero attached hydrogens (tertiary/aromatic N) is 1. The van der Waals surface area contributed by atoms with E-state index in [2.05, 4.69) is 5.92 Å². The predicted molar refractivity (Wildman–Crippen MR) is 69.1 cm³/mol. The van der Waals surface area contributed by atoms with Crippen LogP contribution in [-0.4, -0.2) is 20.1 Å². The minimum absolute atomic E-state index is 0.0807. The average Bonchev–Trinajstić information content (AvgIpc) is 2.30. The van der Waals surface area contributed by atoms with Gasteiger partial charge in [-0.2, -0.15) is 0 Å². The van der Waals surface area contributed by atoms with Crippen LogP contribution in [0.15, 0.2) is 12.1 Å². The van der Waals surface area contributed by atoms with Gasteiger partial charge in [0.05, 0.1) is 22.8 Å². The highest BCUT2D eigenvalue weighted by molar-refractivity contribution is 6.37. The van der Waals surface area contributed by atoms with Crippen LogP contribution in [0.4, 0.5) is 5.69 Å². The highest BCUT2D eigenvalue weighted by atomic mass is 35.5. The van der Waals surface area contributed by atoms with Gasteiger partial charge in [0, 0.05) is 0 Å². The molecule has 90 valence electrons. The first-order valence-corrected chi connectivity index (χ1v) is 5.28. The van der Waals surface area contributed by atoms with Crippen LogP contribution in [0.1, 0.15) is 0 Å². The second-order valence-electron chi connectivity index (χ2n) is 2.87. The van der Waals surface area contributed by atoms with Crippen molar-refractivity contribution >= 4 is 35.2 Å². The normalized spacial score (nSPS) is 9.53. The van der Waals surface area contributed by atoms with E-state index < -0.39 is 0 Å². The first-order valence-electron chi connectivity index (χ1n) is 4.53. The zero-order valence-electron chi connectivity index (χ0n) is 9.04. The Balaban J connectivity index is 3.09. The van der Waals surface area contributed by atoms with Crippen molar-refractivity contribution in [2.24, 2.45) is 0 Å². The van der Waals surface area contributed by atoms with Crippen LogP contribution in [0.5, 0.6) is 5.75 Å². The summed E-state index contributed by atoms with van der Waals surface area (Å²) in [5.41, 5.74) is 0.519. The Labute approximate surface area is 109 Å². The maximum absolute atomic E-state index is 7.13. The predicted octanol–water partition coefficient (Wildman–Crippen LogP) is 2.98. The van der Waals surface area contributed by atoms with Crippen LogP contribution in [0.25, 0.3) is 0 Å². The van der Waals surface area contributed by atoms with Gasteiger partial charge in [0.1, 0.15) is 12.9 Å². The van der Waals surface area contributed by atoms with Crippen molar-refractivity contribution in [1.29, 1.82) is 5.41 Å². The Kier molecular flexibility index (Phi) is 5.11. The molecule has 0 amide bonds. The Morgan fingerprint density at radius 1 is 1.47 bits per heavy atom. The van der Waals surface area contributed by atoms with Gasteiger partial charge < -0.3 is 4.74 Å². The second-order valence-corrected chi connectivity index (χ2v) is 3.68. The highest BCUT2D eigenvalue weighted by Gasteiger charge is 2.12. The van der Waals surface area contributed by atoms with E-state index in [-0.39, 0.29) is 6.61 Å². The standard InChI is InChI=1S/C11H10Cl2N2O2/c1-3-4-17-11-9(12)5-8(6-10(11)13)15(7-14)16-2/h1,5-7,14H,4H2,2H3. The third-order valence-electron chi connectivity index (χ3n) is 1.85. The van der Waals surface area contributed by atoms with Crippen molar-refractivity contribution in [3.05, 3.63) is 22.2 Å². The molecule has 0 saturated heterocycles. The molecule has 0 aliphatic heterocycles. The summed E-state index contributed by atoms with van der Waals surface area (Å²) < 4.78 is 5.20. The van der Waals surface area contributed by atoms with E-state index in [0.717, 1.165) is 6.34 Å². The summed E-state index contributed by atoms with van der Waals surface area (Å²) in [7, 11) is 1.43. The molecule has 0 radical (unpaired) electrons. The number of anilines is 1. The number of rotatable bonds is 5. The minimum atomic E-state index is 0.0807. The van der Waals surface area contributed by atoms with E-state index in [4.69, 9.17) is 44.6 Å². The zero-order valence-corrected chi connectivity index (χ0v) is 10.5. The van der Waals surface area contributed by atoms with Crippen molar-refractivity contribution in [2.75, 3.05) is 18.8 Å². The third-order valence-corrected chi connectivity index (χ3v) is 2.41. The highest BCUT2D eigenvalue weighted by Crippen LogP contribution is 2.36. The van der Waals surface area contributed by atoms with Gasteiger partial charge in [-0.15, -0.1) is 6.42 Å². The number of halogens is 2. The number of benzene rings is 1. The van der Waals surface area contributed by atoms with Crippen molar-refractivity contribution in [3.63, 3.8) is 0 Å². The quantitative estimate of drug-likeness (QED) is 0.388. The largest absolute Gasteiger partial charge is 0.478 e. The van der Waals surface area contributed by atoms with E-state index in [1.165, 1.54) is 12.2 Å². The second kappa shape index (κ2) is 6.36. The van der Waals surface area contributed by atoms with Gasteiger partial charge in [-0.3, -0.25) is 10.2 Å². The number of hydrogen-bond donors (Lipinski definition) is 1. The molecule has 0 aliphatic rings. The molecule has 0 atom stereocenters. The lowest BCUT2D eigenvalue weighted by molar-refractivity contribution is 0.213. The fourth-order valence-corrected chi connectivity index (χ4v) is 1.74. The fourth-order valence-electron chi connectivity index (χ4n) is 1.16. The molecule has 1 rings (SSSR count). The van der Waals surface area contributed by atoms with Gasteiger partial charge >= 0.3 is 0 Å². The number of terminal acetylenes is 1. The maximum atomic E-state index is 7.13. The molecular weight excluding hydrogens is 263 g/mol. The number of hydroxylamine groups is 1. The summed E-state index contributed by atoms with van der Waals surface area (Å²) >= 11 is 12.0. The summed E-state index contributed by atoms with van der Waals surface area (Å²) in [5.74, 6) is 2.64. The molecular formula is C11H10Cl2N2O2. The van der Waals surface area contributed by atoms with Gasteiger partial charge in [0.25, 0.3) is 0 Å². The van der Waals surface area contributed by atoms with Crippen molar-refractivity contribution in [1.82, 2.24) is 0 Å². The van der Waals surface area contributed by atoms with Crippen LogP contribution in [0.3, 0.4) is 0 Å². The van der Waals surface area contributed by atoms with Crippen molar-refractivity contribution in [2.45, 2.75) is 0 Å². The van der Waals surface area contributed by atoms with E-state index >= 15 is 0 Å². The molecule has 0 bridgehead atoms. The molecule has 0 unspecified atom stereocenters. The first kappa shape index (κ1) is 13.7. The third kappa shape index (κ3) is 3.27. The number of hydrogen-bond acceptors (Lipinski definition) is 3. The minimum Gasteiger partial charge on any atom is -0.478 e. The van der Waals surface area contributed by atoms with E-state index in [0.29, 0.717) is 21.5 Å². The van der Waals surface area contributed by atoms with Crippen LogP contribution >= 0.6 is 23.2 Å². The molecule has 1 aromatic rings. The Morgan fingerprint density at radius 3 is 2.47 bits per heavy atom. The van der Waals surface area contributed by atoms with Crippen LogP contribution < -0.4 is 9.80 Å². The maximum Gasteiger partial charge on any atom is 0.158 e. The van der Waals surface area contributed by atoms with E-state index in [9.17, 15) is 0 Å². The van der Waals surface area contributed by atoms with Crippen LogP contribution in [-0.2, 0) is 4.84 Å². The summed E-state index contributed by atoms with van der Waals surface area (Å²) in [6, 6.07) is 3.13. The lowest BCUT2D eigenvalue weighted by Gasteiger charge is -2.17. The lowest BCUT2D eigenvalue weighted by Crippen LogP contribution is -2.18. The average molecular weight is 273 g/mol. The summed E-state index contributed by atoms with van der Waals surface area (Å²) in [6.07, 6.45) is 6.07. The smallest absolute Gasteiger partial charge is 0.158 e. The molecule has 17 heavy (non-hydrogen) atoms. The molecule has 0 spiro atoms. The summed E-state index contributed by atoms with van der Waals surface area (Å²) in [6.45, 7) is 0.0807. The summed E-state index contributed by atoms with van der Waals surface area (Å²) in [5, 5.41) is 8.93.